The Kier molecular flexibility index (Phi) is 8.44. The predicted octanol–water partition coefficient (Wildman–Crippen LogP) is 4.66. The molecule has 0 fully saturated rings. The van der Waals surface area contributed by atoms with Crippen LogP contribution >= 0.6 is 0 Å². The van der Waals surface area contributed by atoms with Crippen molar-refractivity contribution in [2.75, 3.05) is 6.54 Å². The van der Waals surface area contributed by atoms with Gasteiger partial charge in [-0.2, -0.15) is 0 Å². The molecule has 0 radical (unpaired) electrons. The van der Waals surface area contributed by atoms with E-state index in [0.29, 0.717) is 5.56 Å². The van der Waals surface area contributed by atoms with Gasteiger partial charge in [-0.25, -0.2) is 8.78 Å². The van der Waals surface area contributed by atoms with Crippen molar-refractivity contribution >= 4 is 5.91 Å². The minimum atomic E-state index is -0.949. The summed E-state index contributed by atoms with van der Waals surface area (Å²) in [5.74, 6) is -1.69. The number of nitrogens with one attached hydrogen (secondary N) is 2. The second-order valence-electron chi connectivity index (χ2n) is 9.49. The van der Waals surface area contributed by atoms with Crippen molar-refractivity contribution in [1.82, 2.24) is 15.6 Å². The van der Waals surface area contributed by atoms with E-state index in [2.05, 4.69) is 34.7 Å². The topological polar surface area (TPSA) is 74.2 Å². The lowest BCUT2D eigenvalue weighted by Crippen LogP contribution is -2.48. The zero-order valence-corrected chi connectivity index (χ0v) is 20.7. The minimum Gasteiger partial charge on any atom is -0.390 e. The summed E-state index contributed by atoms with van der Waals surface area (Å²) in [6.45, 7) is 3.72. The maximum Gasteiger partial charge on any atom is 0.217 e. The number of aliphatic hydroxyl groups excluding tert-OH is 1. The van der Waals surface area contributed by atoms with E-state index < -0.39 is 23.8 Å². The van der Waals surface area contributed by atoms with Crippen molar-refractivity contribution in [1.29, 1.82) is 0 Å². The molecule has 1 aliphatic carbocycles. The van der Waals surface area contributed by atoms with Crippen LogP contribution in [0.1, 0.15) is 55.0 Å². The molecule has 0 aliphatic heterocycles. The van der Waals surface area contributed by atoms with Crippen molar-refractivity contribution in [3.05, 3.63) is 88.6 Å². The number of carbonyl (C=O) groups is 1. The highest BCUT2D eigenvalue weighted by molar-refractivity contribution is 5.73. The number of nitrogens with zero attached hydrogens (tertiary/aromatic N) is 1. The second-order valence-corrected chi connectivity index (χ2v) is 9.49. The van der Waals surface area contributed by atoms with Crippen LogP contribution < -0.4 is 10.6 Å². The van der Waals surface area contributed by atoms with Crippen LogP contribution in [-0.4, -0.2) is 34.7 Å². The summed E-state index contributed by atoms with van der Waals surface area (Å²) in [6, 6.07) is 13.0. The van der Waals surface area contributed by atoms with Crippen LogP contribution in [0.25, 0.3) is 11.3 Å². The molecule has 0 bridgehead atoms. The molecule has 1 amide bonds. The van der Waals surface area contributed by atoms with E-state index in [4.69, 9.17) is 0 Å². The van der Waals surface area contributed by atoms with E-state index in [0.717, 1.165) is 43.0 Å². The Morgan fingerprint density at radius 1 is 1.14 bits per heavy atom. The number of hydrogen-bond acceptors (Lipinski definition) is 4. The van der Waals surface area contributed by atoms with Gasteiger partial charge >= 0.3 is 0 Å². The summed E-state index contributed by atoms with van der Waals surface area (Å²) >= 11 is 0. The van der Waals surface area contributed by atoms with Gasteiger partial charge in [0.25, 0.3) is 0 Å². The van der Waals surface area contributed by atoms with Crippen LogP contribution in [-0.2, 0) is 24.1 Å². The van der Waals surface area contributed by atoms with Crippen molar-refractivity contribution in [2.45, 2.75) is 64.1 Å². The van der Waals surface area contributed by atoms with Gasteiger partial charge in [0.1, 0.15) is 11.6 Å². The molecule has 5 nitrogen and oxygen atoms in total. The fraction of sp³-hybridized carbons (Fsp3) is 0.379. The number of amides is 1. The number of halogens is 2. The largest absolute Gasteiger partial charge is 0.390 e. The van der Waals surface area contributed by atoms with Gasteiger partial charge in [-0.1, -0.05) is 19.1 Å². The quantitative estimate of drug-likeness (QED) is 0.405. The molecule has 1 heterocycles. The van der Waals surface area contributed by atoms with E-state index in [1.165, 1.54) is 35.7 Å². The van der Waals surface area contributed by atoms with Gasteiger partial charge in [0.2, 0.25) is 5.91 Å². The van der Waals surface area contributed by atoms with Gasteiger partial charge in [-0.15, -0.1) is 0 Å². The molecular weight excluding hydrogens is 460 g/mol. The molecule has 1 aromatic heterocycles. The first-order chi connectivity index (χ1) is 17.3. The summed E-state index contributed by atoms with van der Waals surface area (Å²) in [6.07, 6.45) is 4.76. The van der Waals surface area contributed by atoms with Crippen LogP contribution in [0.4, 0.5) is 8.78 Å². The van der Waals surface area contributed by atoms with Crippen molar-refractivity contribution in [2.24, 2.45) is 0 Å². The van der Waals surface area contributed by atoms with Gasteiger partial charge in [-0.3, -0.25) is 9.78 Å². The van der Waals surface area contributed by atoms with Crippen LogP contribution in [0.15, 0.2) is 54.7 Å². The van der Waals surface area contributed by atoms with E-state index in [-0.39, 0.29) is 24.9 Å². The highest BCUT2D eigenvalue weighted by Gasteiger charge is 2.27. The number of aryl methyl sites for hydroxylation is 1. The highest BCUT2D eigenvalue weighted by atomic mass is 19.1. The maximum atomic E-state index is 13.7. The number of aromatic nitrogens is 1. The zero-order valence-electron chi connectivity index (χ0n) is 20.7. The van der Waals surface area contributed by atoms with Crippen LogP contribution in [0.3, 0.4) is 0 Å². The Balaban J connectivity index is 1.54. The molecule has 0 saturated heterocycles. The molecule has 0 saturated carbocycles. The zero-order chi connectivity index (χ0) is 25.7. The van der Waals surface area contributed by atoms with Crippen LogP contribution in [0, 0.1) is 11.6 Å². The van der Waals surface area contributed by atoms with Gasteiger partial charge in [0, 0.05) is 37.3 Å². The number of aliphatic hydroxyl groups is 1. The average Bonchev–Trinajstić information content (AvgIpc) is 2.85. The third-order valence-electron chi connectivity index (χ3n) is 6.79. The molecule has 4 rings (SSSR count). The Bertz CT molecular complexity index is 1180. The van der Waals surface area contributed by atoms with Crippen molar-refractivity contribution < 1.29 is 18.7 Å². The Morgan fingerprint density at radius 3 is 2.58 bits per heavy atom. The number of benzene rings is 2. The third kappa shape index (κ3) is 6.33. The summed E-state index contributed by atoms with van der Waals surface area (Å²) in [5.41, 5.74) is 6.21. The van der Waals surface area contributed by atoms with Gasteiger partial charge in [-0.05, 0) is 84.7 Å². The van der Waals surface area contributed by atoms with Crippen LogP contribution in [0.2, 0.25) is 0 Å². The molecule has 3 aromatic rings. The average molecular weight is 494 g/mol. The minimum absolute atomic E-state index is 0.0435. The highest BCUT2D eigenvalue weighted by Crippen LogP contribution is 2.37. The fourth-order valence-electron chi connectivity index (χ4n) is 5.08. The number of carbonyl (C=O) groups excluding carboxylic acids is 1. The smallest absolute Gasteiger partial charge is 0.217 e. The SMILES string of the molecule is CCc1cc(-c2ccccn2)c2c(c1)C(NCC(O)C(Cc1cc(F)cc(F)c1)NC(C)=O)CCC2. The fourth-order valence-corrected chi connectivity index (χ4v) is 5.08. The molecule has 0 spiro atoms. The standard InChI is InChI=1S/C29H33F2N3O2/c1-3-19-13-24(26-8-4-5-10-32-26)23-7-6-9-27(25(23)14-19)33-17-29(36)28(34-18(2)35)15-20-11-21(30)16-22(31)12-20/h4-5,8,10-14,16,27-29,33,36H,3,6-7,9,15,17H2,1-2H3,(H,34,35). The molecule has 3 N–H and O–H groups in total. The lowest BCUT2D eigenvalue weighted by molar-refractivity contribution is -0.120. The van der Waals surface area contributed by atoms with Gasteiger partial charge in [0.05, 0.1) is 17.8 Å². The van der Waals surface area contributed by atoms with E-state index in [1.54, 1.807) is 0 Å². The first kappa shape index (κ1) is 25.9. The lowest BCUT2D eigenvalue weighted by atomic mass is 9.82. The van der Waals surface area contributed by atoms with E-state index in [1.807, 2.05) is 24.4 Å². The predicted molar refractivity (Wildman–Crippen MR) is 136 cm³/mol. The Hall–Kier alpha value is -3.16. The first-order valence-electron chi connectivity index (χ1n) is 12.5. The molecule has 190 valence electrons. The third-order valence-corrected chi connectivity index (χ3v) is 6.79. The number of rotatable bonds is 9. The Morgan fingerprint density at radius 2 is 1.92 bits per heavy atom. The number of fused-ring (bicyclic) bond motifs is 1. The summed E-state index contributed by atoms with van der Waals surface area (Å²) in [7, 11) is 0. The van der Waals surface area contributed by atoms with Crippen molar-refractivity contribution in [3.8, 4) is 11.3 Å². The summed E-state index contributed by atoms with van der Waals surface area (Å²) in [5, 5.41) is 17.2. The van der Waals surface area contributed by atoms with Gasteiger partial charge in [0.15, 0.2) is 0 Å². The Labute approximate surface area is 211 Å². The number of pyridine rings is 1. The normalized spacial score (nSPS) is 16.8. The lowest BCUT2D eigenvalue weighted by Gasteiger charge is -2.31. The van der Waals surface area contributed by atoms with E-state index >= 15 is 0 Å². The monoisotopic (exact) mass is 493 g/mol. The number of hydrogen-bond donors (Lipinski definition) is 3. The van der Waals surface area contributed by atoms with Crippen LogP contribution in [0.5, 0.6) is 0 Å². The maximum absolute atomic E-state index is 13.7. The van der Waals surface area contributed by atoms with Gasteiger partial charge < -0.3 is 15.7 Å². The van der Waals surface area contributed by atoms with E-state index in [9.17, 15) is 18.7 Å². The summed E-state index contributed by atoms with van der Waals surface area (Å²) in [4.78, 5) is 16.4. The first-order valence-corrected chi connectivity index (χ1v) is 12.5. The molecule has 2 aromatic carbocycles. The second kappa shape index (κ2) is 11.7. The molecule has 3 unspecified atom stereocenters. The summed E-state index contributed by atoms with van der Waals surface area (Å²) < 4.78 is 27.4. The molecule has 1 aliphatic rings. The van der Waals surface area contributed by atoms with Crippen molar-refractivity contribution in [3.63, 3.8) is 0 Å². The molecule has 36 heavy (non-hydrogen) atoms. The molecule has 3 atom stereocenters. The molecule has 7 heteroatoms. The molecular formula is C29H33F2N3O2.